The molecule has 0 N–H and O–H groups in total. The Morgan fingerprint density at radius 1 is 1.00 bits per heavy atom. The highest BCUT2D eigenvalue weighted by Gasteiger charge is 2.63. The Balaban J connectivity index is 1.74. The molecule has 3 saturated carbocycles. The third-order valence-corrected chi connectivity index (χ3v) is 5.43. The van der Waals surface area contributed by atoms with Crippen LogP contribution in [0, 0.1) is 35.5 Å². The summed E-state index contributed by atoms with van der Waals surface area (Å²) >= 11 is 0. The Hall–Kier alpha value is -0.530. The fourth-order valence-electron chi connectivity index (χ4n) is 5.08. The fourth-order valence-corrected chi connectivity index (χ4v) is 5.08. The van der Waals surface area contributed by atoms with Crippen molar-refractivity contribution in [1.29, 1.82) is 0 Å². The molecule has 4 aliphatic rings. The van der Waals surface area contributed by atoms with E-state index in [1.54, 1.807) is 0 Å². The van der Waals surface area contributed by atoms with E-state index in [0.29, 0.717) is 17.8 Å². The minimum Gasteiger partial charge on any atom is -0.465 e. The van der Waals surface area contributed by atoms with Crippen molar-refractivity contribution < 1.29 is 9.53 Å². The van der Waals surface area contributed by atoms with Crippen LogP contribution < -0.4 is 0 Å². The maximum atomic E-state index is 11.6. The monoisotopic (exact) mass is 192 g/mol. The Labute approximate surface area is 84.0 Å². The molecule has 3 aliphatic carbocycles. The quantitative estimate of drug-likeness (QED) is 0.547. The Kier molecular flexibility index (Phi) is 1.29. The van der Waals surface area contributed by atoms with Gasteiger partial charge < -0.3 is 4.74 Å². The van der Waals surface area contributed by atoms with E-state index < -0.39 is 0 Å². The highest BCUT2D eigenvalue weighted by molar-refractivity contribution is 5.76. The molecule has 1 aliphatic heterocycles. The first-order chi connectivity index (χ1) is 6.86. The van der Waals surface area contributed by atoms with Gasteiger partial charge in [0.25, 0.3) is 0 Å². The summed E-state index contributed by atoms with van der Waals surface area (Å²) in [4.78, 5) is 11.6. The normalized spacial score (nSPS) is 58.7. The molecule has 2 bridgehead atoms. The van der Waals surface area contributed by atoms with Crippen LogP contribution >= 0.6 is 0 Å². The van der Waals surface area contributed by atoms with Crippen molar-refractivity contribution in [1.82, 2.24) is 0 Å². The summed E-state index contributed by atoms with van der Waals surface area (Å²) in [5.41, 5.74) is 0. The van der Waals surface area contributed by atoms with Crippen LogP contribution in [-0.4, -0.2) is 12.6 Å². The van der Waals surface area contributed by atoms with Gasteiger partial charge in [0.2, 0.25) is 0 Å². The van der Waals surface area contributed by atoms with Crippen molar-refractivity contribution in [2.75, 3.05) is 6.61 Å². The minimum absolute atomic E-state index is 0.132. The third-order valence-electron chi connectivity index (χ3n) is 5.43. The first-order valence-corrected chi connectivity index (χ1v) is 6.03. The van der Waals surface area contributed by atoms with Crippen LogP contribution in [0.2, 0.25) is 0 Å². The largest absolute Gasteiger partial charge is 0.465 e. The molecule has 14 heavy (non-hydrogen) atoms. The molecule has 4 fully saturated rings. The summed E-state index contributed by atoms with van der Waals surface area (Å²) in [6.07, 6.45) is 5.59. The maximum absolute atomic E-state index is 11.6. The highest BCUT2D eigenvalue weighted by Crippen LogP contribution is 2.64. The van der Waals surface area contributed by atoms with E-state index in [2.05, 4.69) is 0 Å². The molecule has 0 aromatic carbocycles. The number of hydrogen-bond donors (Lipinski definition) is 0. The number of fused-ring (bicyclic) bond motifs is 8. The van der Waals surface area contributed by atoms with Crippen LogP contribution in [-0.2, 0) is 9.53 Å². The molecule has 0 amide bonds. The van der Waals surface area contributed by atoms with Crippen molar-refractivity contribution >= 4 is 5.97 Å². The van der Waals surface area contributed by atoms with Crippen LogP contribution in [0.5, 0.6) is 0 Å². The average Bonchev–Trinajstić information content (AvgIpc) is 2.82. The lowest BCUT2D eigenvalue weighted by molar-refractivity contribution is -0.143. The molecule has 4 rings (SSSR count). The van der Waals surface area contributed by atoms with Crippen molar-refractivity contribution in [3.8, 4) is 0 Å². The molecular weight excluding hydrogens is 176 g/mol. The van der Waals surface area contributed by atoms with Crippen molar-refractivity contribution in [3.05, 3.63) is 0 Å². The number of carbonyl (C=O) groups excluding carboxylic acids is 1. The van der Waals surface area contributed by atoms with Gasteiger partial charge in [-0.2, -0.15) is 0 Å². The SMILES string of the molecule is O=C1OCC2C3CC(C4CCCC34)C12. The smallest absolute Gasteiger partial charge is 0.309 e. The van der Waals surface area contributed by atoms with Gasteiger partial charge in [-0.05, 0) is 42.9 Å². The number of esters is 1. The van der Waals surface area contributed by atoms with Gasteiger partial charge in [-0.1, -0.05) is 6.42 Å². The van der Waals surface area contributed by atoms with E-state index in [4.69, 9.17) is 4.74 Å². The zero-order chi connectivity index (χ0) is 9.28. The second kappa shape index (κ2) is 2.34. The van der Waals surface area contributed by atoms with Crippen LogP contribution in [0.25, 0.3) is 0 Å². The van der Waals surface area contributed by atoms with E-state index in [9.17, 15) is 4.79 Å². The fraction of sp³-hybridized carbons (Fsp3) is 0.917. The van der Waals surface area contributed by atoms with E-state index in [1.807, 2.05) is 0 Å². The average molecular weight is 192 g/mol. The molecule has 1 saturated heterocycles. The summed E-state index contributed by atoms with van der Waals surface area (Å²) in [7, 11) is 0. The van der Waals surface area contributed by atoms with Gasteiger partial charge in [0.05, 0.1) is 12.5 Å². The van der Waals surface area contributed by atoms with Crippen LogP contribution in [0.15, 0.2) is 0 Å². The summed E-state index contributed by atoms with van der Waals surface area (Å²) in [6.45, 7) is 0.744. The molecule has 0 radical (unpaired) electrons. The van der Waals surface area contributed by atoms with Crippen molar-refractivity contribution in [3.63, 3.8) is 0 Å². The molecule has 6 atom stereocenters. The topological polar surface area (TPSA) is 26.3 Å². The molecule has 1 heterocycles. The van der Waals surface area contributed by atoms with E-state index in [0.717, 1.165) is 24.4 Å². The summed E-state index contributed by atoms with van der Waals surface area (Å²) in [5, 5.41) is 0. The first kappa shape index (κ1) is 7.72. The molecular formula is C12H16O2. The van der Waals surface area contributed by atoms with Gasteiger partial charge in [-0.25, -0.2) is 0 Å². The second-order valence-corrected chi connectivity index (χ2v) is 5.64. The number of hydrogen-bond acceptors (Lipinski definition) is 2. The van der Waals surface area contributed by atoms with E-state index in [-0.39, 0.29) is 5.97 Å². The van der Waals surface area contributed by atoms with Crippen LogP contribution in [0.4, 0.5) is 0 Å². The standard InChI is InChI=1S/C12H16O2/c13-12-11-9-4-8(10(11)5-14-12)6-2-1-3-7(6)9/h6-11H,1-5H2. The Bertz CT molecular complexity index is 299. The number of cyclic esters (lactones) is 1. The summed E-state index contributed by atoms with van der Waals surface area (Å²) in [5.74, 6) is 4.50. The number of ether oxygens (including phenoxy) is 1. The summed E-state index contributed by atoms with van der Waals surface area (Å²) in [6, 6.07) is 0. The molecule has 2 heteroatoms. The second-order valence-electron chi connectivity index (χ2n) is 5.64. The Morgan fingerprint density at radius 2 is 1.79 bits per heavy atom. The predicted molar refractivity (Wildman–Crippen MR) is 50.4 cm³/mol. The van der Waals surface area contributed by atoms with Gasteiger partial charge in [-0.3, -0.25) is 4.79 Å². The lowest BCUT2D eigenvalue weighted by atomic mass is 9.71. The van der Waals surface area contributed by atoms with E-state index >= 15 is 0 Å². The lowest BCUT2D eigenvalue weighted by Crippen LogP contribution is -2.32. The lowest BCUT2D eigenvalue weighted by Gasteiger charge is -2.31. The molecule has 0 aromatic rings. The zero-order valence-electron chi connectivity index (χ0n) is 8.32. The molecule has 6 unspecified atom stereocenters. The van der Waals surface area contributed by atoms with E-state index in [1.165, 1.54) is 25.7 Å². The number of carbonyl (C=O) groups is 1. The predicted octanol–water partition coefficient (Wildman–Crippen LogP) is 1.84. The number of rotatable bonds is 0. The maximum Gasteiger partial charge on any atom is 0.309 e. The van der Waals surface area contributed by atoms with Crippen LogP contribution in [0.3, 0.4) is 0 Å². The molecule has 76 valence electrons. The van der Waals surface area contributed by atoms with Gasteiger partial charge in [0.15, 0.2) is 0 Å². The van der Waals surface area contributed by atoms with Crippen molar-refractivity contribution in [2.45, 2.75) is 25.7 Å². The zero-order valence-corrected chi connectivity index (χ0v) is 8.32. The molecule has 0 spiro atoms. The molecule has 0 aromatic heterocycles. The Morgan fingerprint density at radius 3 is 2.64 bits per heavy atom. The molecule has 2 nitrogen and oxygen atoms in total. The van der Waals surface area contributed by atoms with Crippen LogP contribution in [0.1, 0.15) is 25.7 Å². The van der Waals surface area contributed by atoms with Gasteiger partial charge in [-0.15, -0.1) is 0 Å². The van der Waals surface area contributed by atoms with Gasteiger partial charge in [0, 0.05) is 5.92 Å². The third kappa shape index (κ3) is 0.697. The van der Waals surface area contributed by atoms with Gasteiger partial charge in [0.1, 0.15) is 0 Å². The van der Waals surface area contributed by atoms with Crippen molar-refractivity contribution in [2.24, 2.45) is 35.5 Å². The van der Waals surface area contributed by atoms with Gasteiger partial charge >= 0.3 is 5.97 Å². The first-order valence-electron chi connectivity index (χ1n) is 6.03. The summed E-state index contributed by atoms with van der Waals surface area (Å²) < 4.78 is 5.23. The minimum atomic E-state index is 0.132. The highest BCUT2D eigenvalue weighted by atomic mass is 16.5.